The van der Waals surface area contributed by atoms with Gasteiger partial charge in [0.25, 0.3) is 0 Å². The van der Waals surface area contributed by atoms with E-state index in [9.17, 15) is 0 Å². The van der Waals surface area contributed by atoms with E-state index in [2.05, 4.69) is 54.1 Å². The number of nitrogens with zero attached hydrogens (tertiary/aromatic N) is 3. The van der Waals surface area contributed by atoms with Gasteiger partial charge in [-0.25, -0.2) is 0 Å². The van der Waals surface area contributed by atoms with Crippen LogP contribution in [-0.4, -0.2) is 30.3 Å². The largest absolute Gasteiger partial charge is 0.459 e. The fraction of sp³-hybridized carbons (Fsp3) is 0.304. The highest BCUT2D eigenvalue weighted by molar-refractivity contribution is 5.99. The summed E-state index contributed by atoms with van der Waals surface area (Å²) in [7, 11) is 1.72. The van der Waals surface area contributed by atoms with E-state index >= 15 is 0 Å². The number of ether oxygens (including phenoxy) is 2. The zero-order valence-corrected chi connectivity index (χ0v) is 16.5. The van der Waals surface area contributed by atoms with Crippen LogP contribution < -0.4 is 9.64 Å². The van der Waals surface area contributed by atoms with Crippen LogP contribution in [0, 0.1) is 0 Å². The second kappa shape index (κ2) is 5.79. The van der Waals surface area contributed by atoms with E-state index in [-0.39, 0.29) is 11.6 Å². The predicted molar refractivity (Wildman–Crippen MR) is 112 cm³/mol. The fourth-order valence-corrected chi connectivity index (χ4v) is 4.54. The quantitative estimate of drug-likeness (QED) is 0.646. The first-order valence-electron chi connectivity index (χ1n) is 9.52. The van der Waals surface area contributed by atoms with Crippen LogP contribution >= 0.6 is 0 Å². The van der Waals surface area contributed by atoms with Crippen LogP contribution in [0.1, 0.15) is 26.3 Å². The van der Waals surface area contributed by atoms with Gasteiger partial charge in [-0.3, -0.25) is 9.98 Å². The summed E-state index contributed by atoms with van der Waals surface area (Å²) < 4.78 is 12.5. The summed E-state index contributed by atoms with van der Waals surface area (Å²) in [6.45, 7) is 6.44. The van der Waals surface area contributed by atoms with E-state index < -0.39 is 5.72 Å². The fourth-order valence-electron chi connectivity index (χ4n) is 4.54. The summed E-state index contributed by atoms with van der Waals surface area (Å²) in [6.07, 6.45) is 5.40. The lowest BCUT2D eigenvalue weighted by atomic mass is 9.77. The SMILES string of the molecule is COC(C)N1c2ccccc2C(C)(C)C12C=Nc1c(ccc3ccncc13)O2. The Morgan fingerprint density at radius 2 is 1.93 bits per heavy atom. The zero-order chi connectivity index (χ0) is 19.5. The average molecular weight is 373 g/mol. The number of methoxy groups -OCH3 is 1. The number of hydrogen-bond donors (Lipinski definition) is 0. The van der Waals surface area contributed by atoms with Crippen molar-refractivity contribution >= 4 is 28.4 Å². The van der Waals surface area contributed by atoms with E-state index in [1.165, 1.54) is 5.56 Å². The molecule has 2 aliphatic rings. The van der Waals surface area contributed by atoms with Gasteiger partial charge in [-0.1, -0.05) is 24.3 Å². The van der Waals surface area contributed by atoms with Crippen LogP contribution in [0.4, 0.5) is 11.4 Å². The average Bonchev–Trinajstić information content (AvgIpc) is 2.91. The van der Waals surface area contributed by atoms with Gasteiger partial charge in [0.05, 0.1) is 11.6 Å². The van der Waals surface area contributed by atoms with Gasteiger partial charge in [0.1, 0.15) is 17.7 Å². The van der Waals surface area contributed by atoms with Crippen molar-refractivity contribution in [3.8, 4) is 5.75 Å². The maximum Gasteiger partial charge on any atom is 0.230 e. The Labute approximate surface area is 164 Å². The molecule has 1 aromatic heterocycles. The standard InChI is InChI=1S/C23H23N3O2/c1-15(27-4)26-19-8-6-5-7-18(19)22(2,3)23(26)14-25-21-17-13-24-12-11-16(17)9-10-20(21)28-23/h5-15H,1-4H3. The summed E-state index contributed by atoms with van der Waals surface area (Å²) in [5, 5.41) is 2.09. The van der Waals surface area contributed by atoms with Gasteiger partial charge in [0, 0.05) is 30.6 Å². The summed E-state index contributed by atoms with van der Waals surface area (Å²) in [5.74, 6) is 0.761. The van der Waals surface area contributed by atoms with E-state index in [1.54, 1.807) is 13.3 Å². The lowest BCUT2D eigenvalue weighted by molar-refractivity contribution is 0.0186. The van der Waals surface area contributed by atoms with Gasteiger partial charge in [-0.05, 0) is 49.9 Å². The first-order chi connectivity index (χ1) is 13.5. The number of para-hydroxylation sites is 1. The molecule has 2 aromatic carbocycles. The molecule has 0 amide bonds. The Kier molecular flexibility index (Phi) is 3.55. The van der Waals surface area contributed by atoms with Crippen molar-refractivity contribution in [2.75, 3.05) is 12.0 Å². The Bertz CT molecular complexity index is 1110. The molecule has 0 saturated carbocycles. The van der Waals surface area contributed by atoms with Crippen molar-refractivity contribution in [3.63, 3.8) is 0 Å². The maximum absolute atomic E-state index is 6.79. The second-order valence-corrected chi connectivity index (χ2v) is 7.91. The maximum atomic E-state index is 6.79. The molecule has 0 fully saturated rings. The van der Waals surface area contributed by atoms with Gasteiger partial charge >= 0.3 is 0 Å². The van der Waals surface area contributed by atoms with Crippen molar-refractivity contribution < 1.29 is 9.47 Å². The molecule has 1 spiro atoms. The van der Waals surface area contributed by atoms with E-state index in [0.717, 1.165) is 27.9 Å². The number of aliphatic imine (C=N–C) groups is 1. The predicted octanol–water partition coefficient (Wildman–Crippen LogP) is 4.82. The molecular formula is C23H23N3O2. The summed E-state index contributed by atoms with van der Waals surface area (Å²) in [4.78, 5) is 11.4. The first-order valence-corrected chi connectivity index (χ1v) is 9.52. The third-order valence-electron chi connectivity index (χ3n) is 6.19. The van der Waals surface area contributed by atoms with Crippen molar-refractivity contribution in [2.24, 2.45) is 4.99 Å². The molecule has 0 radical (unpaired) electrons. The molecule has 2 atom stereocenters. The number of fused-ring (bicyclic) bond motifs is 4. The number of rotatable bonds is 2. The Morgan fingerprint density at radius 1 is 1.11 bits per heavy atom. The number of aromatic nitrogens is 1. The molecule has 5 heteroatoms. The highest BCUT2D eigenvalue weighted by atomic mass is 16.5. The topological polar surface area (TPSA) is 47.0 Å². The highest BCUT2D eigenvalue weighted by Crippen LogP contribution is 2.55. The molecular weight excluding hydrogens is 350 g/mol. The third-order valence-corrected chi connectivity index (χ3v) is 6.19. The van der Waals surface area contributed by atoms with Gasteiger partial charge in [0.2, 0.25) is 5.72 Å². The first kappa shape index (κ1) is 17.2. The molecule has 0 N–H and O–H groups in total. The summed E-state index contributed by atoms with van der Waals surface area (Å²) in [5.41, 5.74) is 2.04. The lowest BCUT2D eigenvalue weighted by Crippen LogP contribution is -2.64. The minimum absolute atomic E-state index is 0.182. The van der Waals surface area contributed by atoms with Crippen LogP contribution in [0.5, 0.6) is 5.75 Å². The van der Waals surface area contributed by atoms with Gasteiger partial charge in [-0.2, -0.15) is 0 Å². The van der Waals surface area contributed by atoms with E-state index in [0.29, 0.717) is 0 Å². The molecule has 3 heterocycles. The normalized spacial score (nSPS) is 22.8. The number of benzene rings is 2. The molecule has 142 valence electrons. The van der Waals surface area contributed by atoms with Gasteiger partial charge in [0.15, 0.2) is 0 Å². The minimum atomic E-state index is -0.783. The van der Waals surface area contributed by atoms with Crippen LogP contribution in [0.25, 0.3) is 10.8 Å². The van der Waals surface area contributed by atoms with Crippen molar-refractivity contribution in [3.05, 3.63) is 60.4 Å². The van der Waals surface area contributed by atoms with Crippen molar-refractivity contribution in [2.45, 2.75) is 38.1 Å². The number of pyridine rings is 1. The van der Waals surface area contributed by atoms with Gasteiger partial charge < -0.3 is 14.4 Å². The van der Waals surface area contributed by atoms with E-state index in [1.807, 2.05) is 31.5 Å². The number of anilines is 1. The monoisotopic (exact) mass is 373 g/mol. The molecule has 28 heavy (non-hydrogen) atoms. The highest BCUT2D eigenvalue weighted by Gasteiger charge is 2.61. The molecule has 0 bridgehead atoms. The molecule has 5 nitrogen and oxygen atoms in total. The zero-order valence-electron chi connectivity index (χ0n) is 16.5. The lowest BCUT2D eigenvalue weighted by Gasteiger charge is -2.47. The molecule has 2 aliphatic heterocycles. The van der Waals surface area contributed by atoms with Gasteiger partial charge in [-0.15, -0.1) is 0 Å². The summed E-state index contributed by atoms with van der Waals surface area (Å²) >= 11 is 0. The van der Waals surface area contributed by atoms with Crippen molar-refractivity contribution in [1.82, 2.24) is 4.98 Å². The minimum Gasteiger partial charge on any atom is -0.459 e. The Hall–Kier alpha value is -2.92. The van der Waals surface area contributed by atoms with Crippen LogP contribution in [0.3, 0.4) is 0 Å². The Morgan fingerprint density at radius 3 is 2.75 bits per heavy atom. The van der Waals surface area contributed by atoms with Crippen LogP contribution in [-0.2, 0) is 10.2 Å². The van der Waals surface area contributed by atoms with E-state index in [4.69, 9.17) is 14.5 Å². The molecule has 0 aliphatic carbocycles. The molecule has 0 saturated heterocycles. The van der Waals surface area contributed by atoms with Crippen LogP contribution in [0.15, 0.2) is 59.9 Å². The molecule has 5 rings (SSSR count). The summed E-state index contributed by atoms with van der Waals surface area (Å²) in [6, 6.07) is 14.5. The number of hydrogen-bond acceptors (Lipinski definition) is 5. The van der Waals surface area contributed by atoms with Crippen molar-refractivity contribution in [1.29, 1.82) is 0 Å². The molecule has 3 aromatic rings. The van der Waals surface area contributed by atoms with Crippen LogP contribution in [0.2, 0.25) is 0 Å². The molecule has 2 unspecified atom stereocenters. The second-order valence-electron chi connectivity index (χ2n) is 7.91. The third kappa shape index (κ3) is 2.05. The smallest absolute Gasteiger partial charge is 0.230 e. The Balaban J connectivity index is 1.74.